The summed E-state index contributed by atoms with van der Waals surface area (Å²) in [6.45, 7) is 2.32. The van der Waals surface area contributed by atoms with Gasteiger partial charge >= 0.3 is 10.8 Å². The van der Waals surface area contributed by atoms with Gasteiger partial charge in [0.25, 0.3) is 0 Å². The fraction of sp³-hybridized carbons (Fsp3) is 0.333. The summed E-state index contributed by atoms with van der Waals surface area (Å²) in [5.41, 5.74) is 1.79. The number of carboxylic acids is 1. The van der Waals surface area contributed by atoms with E-state index < -0.39 is 5.97 Å². The van der Waals surface area contributed by atoms with Gasteiger partial charge in [0.05, 0.1) is 12.8 Å². The van der Waals surface area contributed by atoms with E-state index in [1.807, 2.05) is 31.2 Å². The highest BCUT2D eigenvalue weighted by Crippen LogP contribution is 2.27. The number of aliphatic carboxylic acids is 1. The summed E-state index contributed by atoms with van der Waals surface area (Å²) in [4.78, 5) is 23.5. The van der Waals surface area contributed by atoms with Crippen LogP contribution in [-0.4, -0.2) is 22.8 Å². The summed E-state index contributed by atoms with van der Waals surface area (Å²) in [5.74, 6) is -0.0904. The first-order chi connectivity index (χ1) is 10.0. The van der Waals surface area contributed by atoms with E-state index in [2.05, 4.69) is 0 Å². The Kier molecular flexibility index (Phi) is 4.80. The smallest absolute Gasteiger partial charge is 0.307 e. The van der Waals surface area contributed by atoms with E-state index in [9.17, 15) is 9.59 Å². The van der Waals surface area contributed by atoms with Gasteiger partial charge in [-0.2, -0.15) is 0 Å². The highest BCUT2D eigenvalue weighted by Gasteiger charge is 2.14. The maximum Gasteiger partial charge on any atom is 0.307 e. The van der Waals surface area contributed by atoms with Gasteiger partial charge in [-0.1, -0.05) is 11.3 Å². The van der Waals surface area contributed by atoms with Crippen molar-refractivity contribution in [3.8, 4) is 17.0 Å². The number of carbonyl (C=O) groups is 1. The summed E-state index contributed by atoms with van der Waals surface area (Å²) >= 11 is 1.19. The molecular formula is C15H17NO4S. The second-order valence-corrected chi connectivity index (χ2v) is 5.82. The molecule has 1 heterocycles. The fourth-order valence-electron chi connectivity index (χ4n) is 2.22. The zero-order chi connectivity index (χ0) is 15.4. The number of benzene rings is 1. The number of aromatic nitrogens is 1. The molecule has 0 aliphatic rings. The van der Waals surface area contributed by atoms with E-state index in [4.69, 9.17) is 9.84 Å². The molecule has 0 radical (unpaired) electrons. The Bertz CT molecular complexity index is 685. The predicted molar refractivity (Wildman–Crippen MR) is 82.2 cm³/mol. The van der Waals surface area contributed by atoms with Crippen molar-refractivity contribution in [3.63, 3.8) is 0 Å². The first kappa shape index (κ1) is 15.3. The molecule has 0 aliphatic carbocycles. The molecule has 0 saturated carbocycles. The average Bonchev–Trinajstić information content (AvgIpc) is 2.73. The molecule has 2 rings (SSSR count). The standard InChI is InChI=1S/C15H17NO4S/c1-10-14(11-5-7-12(20-2)8-6-11)16(15(19)21-10)9-3-4-13(17)18/h5-8H,3-4,9H2,1-2H3,(H,17,18). The summed E-state index contributed by atoms with van der Waals surface area (Å²) < 4.78 is 6.79. The Morgan fingerprint density at radius 2 is 2.00 bits per heavy atom. The second kappa shape index (κ2) is 6.58. The number of hydrogen-bond acceptors (Lipinski definition) is 4. The molecule has 0 bridgehead atoms. The van der Waals surface area contributed by atoms with Crippen LogP contribution in [-0.2, 0) is 11.3 Å². The normalized spacial score (nSPS) is 10.6. The van der Waals surface area contributed by atoms with Crippen molar-refractivity contribution < 1.29 is 14.6 Å². The van der Waals surface area contributed by atoms with Crippen molar-refractivity contribution in [2.75, 3.05) is 7.11 Å². The minimum absolute atomic E-state index is 0.0521. The Hall–Kier alpha value is -2.08. The van der Waals surface area contributed by atoms with Crippen molar-refractivity contribution in [2.45, 2.75) is 26.3 Å². The molecule has 0 unspecified atom stereocenters. The third-order valence-corrected chi connectivity index (χ3v) is 4.09. The molecule has 0 spiro atoms. The van der Waals surface area contributed by atoms with Crippen molar-refractivity contribution in [2.24, 2.45) is 0 Å². The number of methoxy groups -OCH3 is 1. The molecule has 1 aromatic carbocycles. The lowest BCUT2D eigenvalue weighted by molar-refractivity contribution is -0.137. The maximum absolute atomic E-state index is 12.0. The van der Waals surface area contributed by atoms with Gasteiger partial charge in [0.15, 0.2) is 0 Å². The summed E-state index contributed by atoms with van der Waals surface area (Å²) in [6, 6.07) is 7.50. The van der Waals surface area contributed by atoms with Gasteiger partial charge in [-0.05, 0) is 43.2 Å². The predicted octanol–water partition coefficient (Wildman–Crippen LogP) is 2.76. The fourth-order valence-corrected chi connectivity index (χ4v) is 3.09. The van der Waals surface area contributed by atoms with Crippen molar-refractivity contribution in [3.05, 3.63) is 38.8 Å². The van der Waals surface area contributed by atoms with Crippen LogP contribution in [0.25, 0.3) is 11.3 Å². The monoisotopic (exact) mass is 307 g/mol. The SMILES string of the molecule is COc1ccc(-c2c(C)sc(=O)n2CCCC(=O)O)cc1. The molecule has 5 nitrogen and oxygen atoms in total. The number of rotatable bonds is 6. The van der Waals surface area contributed by atoms with Gasteiger partial charge in [0.2, 0.25) is 0 Å². The molecule has 0 aliphatic heterocycles. The first-order valence-electron chi connectivity index (χ1n) is 6.59. The van der Waals surface area contributed by atoms with Crippen molar-refractivity contribution in [1.82, 2.24) is 4.57 Å². The lowest BCUT2D eigenvalue weighted by atomic mass is 10.1. The van der Waals surface area contributed by atoms with Crippen LogP contribution in [0.4, 0.5) is 0 Å². The number of hydrogen-bond donors (Lipinski definition) is 1. The minimum Gasteiger partial charge on any atom is -0.497 e. The lowest BCUT2D eigenvalue weighted by Gasteiger charge is -2.09. The Balaban J connectivity index is 2.33. The molecule has 0 saturated heterocycles. The molecule has 1 N–H and O–H groups in total. The Morgan fingerprint density at radius 3 is 2.57 bits per heavy atom. The van der Waals surface area contributed by atoms with Crippen molar-refractivity contribution >= 4 is 17.3 Å². The Labute approximate surface area is 126 Å². The molecule has 1 aromatic heterocycles. The average molecular weight is 307 g/mol. The topological polar surface area (TPSA) is 68.5 Å². The summed E-state index contributed by atoms with van der Waals surface area (Å²) in [6.07, 6.45) is 0.498. The van der Waals surface area contributed by atoms with E-state index in [-0.39, 0.29) is 11.3 Å². The molecule has 6 heteroatoms. The molecule has 2 aromatic rings. The number of ether oxygens (including phenoxy) is 1. The summed E-state index contributed by atoms with van der Waals surface area (Å²) in [7, 11) is 1.60. The Morgan fingerprint density at radius 1 is 1.33 bits per heavy atom. The van der Waals surface area contributed by atoms with Crippen LogP contribution in [0.2, 0.25) is 0 Å². The maximum atomic E-state index is 12.0. The highest BCUT2D eigenvalue weighted by molar-refractivity contribution is 7.09. The van der Waals surface area contributed by atoms with E-state index in [1.54, 1.807) is 11.7 Å². The molecular weight excluding hydrogens is 290 g/mol. The molecule has 0 fully saturated rings. The van der Waals surface area contributed by atoms with E-state index in [0.29, 0.717) is 13.0 Å². The quantitative estimate of drug-likeness (QED) is 0.891. The van der Waals surface area contributed by atoms with Gasteiger partial charge in [0.1, 0.15) is 5.75 Å². The van der Waals surface area contributed by atoms with Gasteiger partial charge in [-0.15, -0.1) is 0 Å². The first-order valence-corrected chi connectivity index (χ1v) is 7.41. The molecule has 112 valence electrons. The van der Waals surface area contributed by atoms with Crippen molar-refractivity contribution in [1.29, 1.82) is 0 Å². The van der Waals surface area contributed by atoms with E-state index in [0.717, 1.165) is 21.9 Å². The van der Waals surface area contributed by atoms with Crippen LogP contribution in [0.3, 0.4) is 0 Å². The summed E-state index contributed by atoms with van der Waals surface area (Å²) in [5, 5.41) is 8.71. The van der Waals surface area contributed by atoms with Crippen LogP contribution in [0.1, 0.15) is 17.7 Å². The third-order valence-electron chi connectivity index (χ3n) is 3.20. The van der Waals surface area contributed by atoms with Crippen LogP contribution < -0.4 is 9.61 Å². The van der Waals surface area contributed by atoms with E-state index in [1.165, 1.54) is 11.3 Å². The molecule has 21 heavy (non-hydrogen) atoms. The van der Waals surface area contributed by atoms with Gasteiger partial charge in [-0.3, -0.25) is 14.2 Å². The molecule has 0 amide bonds. The van der Waals surface area contributed by atoms with Crippen LogP contribution in [0, 0.1) is 6.92 Å². The number of nitrogens with zero attached hydrogens (tertiary/aromatic N) is 1. The minimum atomic E-state index is -0.846. The van der Waals surface area contributed by atoms with Gasteiger partial charge in [0, 0.05) is 17.8 Å². The van der Waals surface area contributed by atoms with Gasteiger partial charge in [-0.25, -0.2) is 0 Å². The number of aryl methyl sites for hydroxylation is 1. The van der Waals surface area contributed by atoms with Crippen LogP contribution in [0.15, 0.2) is 29.1 Å². The number of thiazole rings is 1. The second-order valence-electron chi connectivity index (χ2n) is 4.65. The largest absolute Gasteiger partial charge is 0.497 e. The number of carboxylic acid groups (broad SMARTS) is 1. The zero-order valence-corrected chi connectivity index (χ0v) is 12.8. The van der Waals surface area contributed by atoms with Crippen LogP contribution >= 0.6 is 11.3 Å². The molecule has 0 atom stereocenters. The van der Waals surface area contributed by atoms with Gasteiger partial charge < -0.3 is 9.84 Å². The third kappa shape index (κ3) is 3.52. The zero-order valence-electron chi connectivity index (χ0n) is 12.0. The highest BCUT2D eigenvalue weighted by atomic mass is 32.1. The van der Waals surface area contributed by atoms with Crippen LogP contribution in [0.5, 0.6) is 5.75 Å². The lowest BCUT2D eigenvalue weighted by Crippen LogP contribution is -2.15. The van der Waals surface area contributed by atoms with E-state index >= 15 is 0 Å².